The lowest BCUT2D eigenvalue weighted by atomic mass is 10.0. The normalized spacial score (nSPS) is 24.9. The first-order valence-corrected chi connectivity index (χ1v) is 6.08. The maximum Gasteiger partial charge on any atom is 0.320 e. The molecule has 0 bridgehead atoms. The molecular weight excluding hydrogens is 190 g/mol. The molecule has 1 saturated heterocycles. The van der Waals surface area contributed by atoms with Gasteiger partial charge in [-0.2, -0.15) is 0 Å². The van der Waals surface area contributed by atoms with Crippen molar-refractivity contribution in [3.8, 4) is 0 Å². The summed E-state index contributed by atoms with van der Waals surface area (Å²) in [5.41, 5.74) is 0. The van der Waals surface area contributed by atoms with E-state index in [0.29, 0.717) is 5.92 Å². The fourth-order valence-corrected chi connectivity index (χ4v) is 2.31. The monoisotopic (exact) mass is 213 g/mol. The molecular formula is C12H23NO2. The third kappa shape index (κ3) is 4.20. The van der Waals surface area contributed by atoms with Gasteiger partial charge in [0.25, 0.3) is 0 Å². The molecule has 0 amide bonds. The van der Waals surface area contributed by atoms with Crippen molar-refractivity contribution in [2.75, 3.05) is 13.1 Å². The second kappa shape index (κ2) is 6.11. The predicted molar refractivity (Wildman–Crippen MR) is 60.9 cm³/mol. The van der Waals surface area contributed by atoms with Crippen molar-refractivity contribution < 1.29 is 9.90 Å². The highest BCUT2D eigenvalue weighted by Gasteiger charge is 2.26. The smallest absolute Gasteiger partial charge is 0.320 e. The number of likely N-dealkylation sites (tertiary alicyclic amines) is 1. The lowest BCUT2D eigenvalue weighted by Crippen LogP contribution is -2.44. The van der Waals surface area contributed by atoms with Crippen LogP contribution < -0.4 is 0 Å². The second-order valence-electron chi connectivity index (χ2n) is 4.95. The minimum Gasteiger partial charge on any atom is -0.480 e. The van der Waals surface area contributed by atoms with Gasteiger partial charge >= 0.3 is 5.97 Å². The molecule has 1 aliphatic rings. The Bertz CT molecular complexity index is 204. The molecule has 0 saturated carbocycles. The standard InChI is InChI=1S/C12H23NO2/c1-10(2)9-13-8-6-4-3-5-7-11(13)12(14)15/h10-11H,3-9H2,1-2H3,(H,14,15). The van der Waals surface area contributed by atoms with E-state index >= 15 is 0 Å². The first-order valence-electron chi connectivity index (χ1n) is 6.08. The van der Waals surface area contributed by atoms with E-state index in [1.807, 2.05) is 0 Å². The van der Waals surface area contributed by atoms with Gasteiger partial charge in [0.15, 0.2) is 0 Å². The summed E-state index contributed by atoms with van der Waals surface area (Å²) < 4.78 is 0. The molecule has 0 aromatic heterocycles. The van der Waals surface area contributed by atoms with Crippen molar-refractivity contribution >= 4 is 5.97 Å². The molecule has 0 radical (unpaired) electrons. The Kier molecular flexibility index (Phi) is 5.09. The average molecular weight is 213 g/mol. The van der Waals surface area contributed by atoms with Crippen LogP contribution >= 0.6 is 0 Å². The second-order valence-corrected chi connectivity index (χ2v) is 4.95. The number of nitrogens with zero attached hydrogens (tertiary/aromatic N) is 1. The maximum atomic E-state index is 11.2. The van der Waals surface area contributed by atoms with Crippen LogP contribution in [-0.2, 0) is 4.79 Å². The first-order chi connectivity index (χ1) is 7.11. The topological polar surface area (TPSA) is 40.5 Å². The van der Waals surface area contributed by atoms with Gasteiger partial charge < -0.3 is 5.11 Å². The molecule has 0 aromatic carbocycles. The van der Waals surface area contributed by atoms with Crippen LogP contribution in [-0.4, -0.2) is 35.1 Å². The number of hydrogen-bond acceptors (Lipinski definition) is 2. The molecule has 1 aliphatic heterocycles. The van der Waals surface area contributed by atoms with E-state index in [1.54, 1.807) is 0 Å². The van der Waals surface area contributed by atoms with Crippen molar-refractivity contribution in [2.45, 2.75) is 52.0 Å². The summed E-state index contributed by atoms with van der Waals surface area (Å²) in [7, 11) is 0. The Morgan fingerprint density at radius 1 is 1.33 bits per heavy atom. The third-order valence-electron chi connectivity index (χ3n) is 3.00. The number of carbonyl (C=O) groups is 1. The van der Waals surface area contributed by atoms with Gasteiger partial charge in [0, 0.05) is 6.54 Å². The molecule has 1 unspecified atom stereocenters. The number of hydrogen-bond donors (Lipinski definition) is 1. The number of carboxylic acids is 1. The summed E-state index contributed by atoms with van der Waals surface area (Å²) in [6.45, 7) is 6.17. The molecule has 15 heavy (non-hydrogen) atoms. The van der Waals surface area contributed by atoms with Gasteiger partial charge in [0.2, 0.25) is 0 Å². The van der Waals surface area contributed by atoms with Crippen LogP contribution in [0.1, 0.15) is 46.0 Å². The van der Waals surface area contributed by atoms with E-state index in [0.717, 1.165) is 32.4 Å². The number of aliphatic carboxylic acids is 1. The molecule has 0 spiro atoms. The van der Waals surface area contributed by atoms with E-state index < -0.39 is 5.97 Å². The molecule has 3 heteroatoms. The molecule has 0 aliphatic carbocycles. The van der Waals surface area contributed by atoms with Crippen LogP contribution in [0.2, 0.25) is 0 Å². The van der Waals surface area contributed by atoms with Gasteiger partial charge in [-0.25, -0.2) is 0 Å². The summed E-state index contributed by atoms with van der Waals surface area (Å²) in [5.74, 6) is -0.0937. The highest BCUT2D eigenvalue weighted by atomic mass is 16.4. The minimum atomic E-state index is -0.641. The fourth-order valence-electron chi connectivity index (χ4n) is 2.31. The first kappa shape index (κ1) is 12.5. The van der Waals surface area contributed by atoms with Gasteiger partial charge in [-0.15, -0.1) is 0 Å². The highest BCUT2D eigenvalue weighted by molar-refractivity contribution is 5.73. The van der Waals surface area contributed by atoms with Crippen molar-refractivity contribution in [3.05, 3.63) is 0 Å². The Morgan fingerprint density at radius 2 is 2.00 bits per heavy atom. The molecule has 0 aromatic rings. The minimum absolute atomic E-state index is 0.243. The van der Waals surface area contributed by atoms with Crippen LogP contribution in [0.15, 0.2) is 0 Å². The molecule has 1 N–H and O–H groups in total. The lowest BCUT2D eigenvalue weighted by molar-refractivity contribution is -0.144. The Hall–Kier alpha value is -0.570. The van der Waals surface area contributed by atoms with Crippen LogP contribution in [0.3, 0.4) is 0 Å². The summed E-state index contributed by atoms with van der Waals surface area (Å²) in [5, 5.41) is 9.20. The van der Waals surface area contributed by atoms with E-state index in [-0.39, 0.29) is 6.04 Å². The van der Waals surface area contributed by atoms with Crippen molar-refractivity contribution in [1.29, 1.82) is 0 Å². The Balaban J connectivity index is 2.60. The summed E-state index contributed by atoms with van der Waals surface area (Å²) in [4.78, 5) is 13.3. The molecule has 1 rings (SSSR count). The summed E-state index contributed by atoms with van der Waals surface area (Å²) in [6.07, 6.45) is 5.48. The quantitative estimate of drug-likeness (QED) is 0.782. The van der Waals surface area contributed by atoms with E-state index in [1.165, 1.54) is 12.8 Å². The molecule has 1 fully saturated rings. The average Bonchev–Trinajstić information content (AvgIpc) is 2.08. The van der Waals surface area contributed by atoms with E-state index in [4.69, 9.17) is 0 Å². The van der Waals surface area contributed by atoms with Gasteiger partial charge in [-0.1, -0.05) is 33.1 Å². The van der Waals surface area contributed by atoms with E-state index in [9.17, 15) is 9.90 Å². The molecule has 88 valence electrons. The molecule has 1 atom stereocenters. The molecule has 1 heterocycles. The van der Waals surface area contributed by atoms with Crippen molar-refractivity contribution in [3.63, 3.8) is 0 Å². The third-order valence-corrected chi connectivity index (χ3v) is 3.00. The van der Waals surface area contributed by atoms with Gasteiger partial charge in [-0.3, -0.25) is 9.69 Å². The fraction of sp³-hybridized carbons (Fsp3) is 0.917. The summed E-state index contributed by atoms with van der Waals surface area (Å²) >= 11 is 0. The zero-order valence-electron chi connectivity index (χ0n) is 9.91. The van der Waals surface area contributed by atoms with Crippen LogP contribution in [0.25, 0.3) is 0 Å². The van der Waals surface area contributed by atoms with Gasteiger partial charge in [-0.05, 0) is 25.3 Å². The Labute approximate surface area is 92.5 Å². The number of carboxylic acid groups (broad SMARTS) is 1. The van der Waals surface area contributed by atoms with Crippen LogP contribution in [0, 0.1) is 5.92 Å². The largest absolute Gasteiger partial charge is 0.480 e. The molecule has 3 nitrogen and oxygen atoms in total. The number of rotatable bonds is 3. The van der Waals surface area contributed by atoms with Crippen LogP contribution in [0.5, 0.6) is 0 Å². The predicted octanol–water partition coefficient (Wildman–Crippen LogP) is 2.36. The highest BCUT2D eigenvalue weighted by Crippen LogP contribution is 2.18. The van der Waals surface area contributed by atoms with E-state index in [2.05, 4.69) is 18.7 Å². The van der Waals surface area contributed by atoms with Gasteiger partial charge in [0.1, 0.15) is 6.04 Å². The zero-order chi connectivity index (χ0) is 11.3. The van der Waals surface area contributed by atoms with Crippen molar-refractivity contribution in [2.24, 2.45) is 5.92 Å². The SMILES string of the molecule is CC(C)CN1CCCCCCC1C(=O)O. The maximum absolute atomic E-state index is 11.2. The van der Waals surface area contributed by atoms with Gasteiger partial charge in [0.05, 0.1) is 0 Å². The van der Waals surface area contributed by atoms with Crippen LogP contribution in [0.4, 0.5) is 0 Å². The lowest BCUT2D eigenvalue weighted by Gasteiger charge is -2.31. The Morgan fingerprint density at radius 3 is 2.60 bits per heavy atom. The summed E-state index contributed by atoms with van der Waals surface area (Å²) in [6, 6.07) is -0.243. The zero-order valence-corrected chi connectivity index (χ0v) is 9.91. The van der Waals surface area contributed by atoms with Crippen molar-refractivity contribution in [1.82, 2.24) is 4.90 Å².